The highest BCUT2D eigenvalue weighted by Crippen LogP contribution is 2.54. The van der Waals surface area contributed by atoms with Crippen LogP contribution in [-0.2, 0) is 11.8 Å². The predicted octanol–water partition coefficient (Wildman–Crippen LogP) is 4.69. The molecule has 2 aliphatic heterocycles. The number of aryl methyl sites for hydroxylation is 1. The van der Waals surface area contributed by atoms with Crippen molar-refractivity contribution in [2.24, 2.45) is 0 Å². The lowest BCUT2D eigenvalue weighted by molar-refractivity contribution is -0.385. The topological polar surface area (TPSA) is 55.6 Å². The lowest BCUT2D eigenvalue weighted by Crippen LogP contribution is -2.58. The fraction of sp³-hybridized carbons (Fsp3) is 0.333. The first-order valence-corrected chi connectivity index (χ1v) is 8.84. The summed E-state index contributed by atoms with van der Waals surface area (Å²) < 4.78 is 6.66. The zero-order valence-corrected chi connectivity index (χ0v) is 15.4. The first-order valence-electron chi connectivity index (χ1n) is 8.84. The smallest absolute Gasteiger partial charge is 0.270 e. The summed E-state index contributed by atoms with van der Waals surface area (Å²) >= 11 is 0. The van der Waals surface area contributed by atoms with Crippen LogP contribution in [0.1, 0.15) is 37.5 Å². The number of nitrogens with zero attached hydrogens (tertiary/aromatic N) is 2. The van der Waals surface area contributed by atoms with Crippen molar-refractivity contribution in [3.8, 4) is 5.75 Å². The number of hydrogen-bond acceptors (Lipinski definition) is 4. The van der Waals surface area contributed by atoms with E-state index in [1.807, 2.05) is 32.2 Å². The van der Waals surface area contributed by atoms with E-state index in [1.165, 1.54) is 5.56 Å². The molecular formula is C21H22N2O3. The van der Waals surface area contributed by atoms with Gasteiger partial charge in [0.1, 0.15) is 5.75 Å². The van der Waals surface area contributed by atoms with Gasteiger partial charge in [0.05, 0.1) is 10.3 Å². The first-order chi connectivity index (χ1) is 12.3. The van der Waals surface area contributed by atoms with Gasteiger partial charge < -0.3 is 9.64 Å². The van der Waals surface area contributed by atoms with E-state index in [-0.39, 0.29) is 16.0 Å². The molecule has 5 nitrogen and oxygen atoms in total. The van der Waals surface area contributed by atoms with Crippen LogP contribution in [0.5, 0.6) is 5.75 Å². The second-order valence-electron chi connectivity index (χ2n) is 7.47. The number of non-ortho nitro benzene ring substituents is 1. The van der Waals surface area contributed by atoms with Crippen molar-refractivity contribution in [2.75, 3.05) is 11.9 Å². The molecule has 0 fully saturated rings. The van der Waals surface area contributed by atoms with E-state index in [1.54, 1.807) is 12.1 Å². The maximum absolute atomic E-state index is 11.2. The predicted molar refractivity (Wildman–Crippen MR) is 103 cm³/mol. The summed E-state index contributed by atoms with van der Waals surface area (Å²) in [6, 6.07) is 11.5. The van der Waals surface area contributed by atoms with Crippen LogP contribution in [0, 0.1) is 10.1 Å². The summed E-state index contributed by atoms with van der Waals surface area (Å²) in [4.78, 5) is 13.1. The lowest BCUT2D eigenvalue weighted by Gasteiger charge is -2.46. The van der Waals surface area contributed by atoms with Gasteiger partial charge in [0.2, 0.25) is 5.72 Å². The average molecular weight is 350 g/mol. The molecule has 0 radical (unpaired) electrons. The van der Waals surface area contributed by atoms with Gasteiger partial charge in [-0.1, -0.05) is 25.1 Å². The van der Waals surface area contributed by atoms with Crippen molar-refractivity contribution < 1.29 is 9.66 Å². The number of rotatable bonds is 2. The summed E-state index contributed by atoms with van der Waals surface area (Å²) in [7, 11) is 2.04. The minimum Gasteiger partial charge on any atom is -0.462 e. The highest BCUT2D eigenvalue weighted by Gasteiger charge is 2.57. The summed E-state index contributed by atoms with van der Waals surface area (Å²) in [6.45, 7) is 6.36. The molecule has 26 heavy (non-hydrogen) atoms. The molecule has 2 aliphatic rings. The molecule has 2 aromatic rings. The van der Waals surface area contributed by atoms with Gasteiger partial charge in [-0.05, 0) is 44.1 Å². The molecule has 1 unspecified atom stereocenters. The largest absolute Gasteiger partial charge is 0.462 e. The summed E-state index contributed by atoms with van der Waals surface area (Å²) in [5.41, 5.74) is 3.16. The molecule has 0 bridgehead atoms. The molecule has 0 N–H and O–H groups in total. The van der Waals surface area contributed by atoms with E-state index >= 15 is 0 Å². The summed E-state index contributed by atoms with van der Waals surface area (Å²) in [5, 5.41) is 11.2. The zero-order valence-electron chi connectivity index (χ0n) is 15.4. The molecule has 2 heterocycles. The third-order valence-electron chi connectivity index (χ3n) is 5.85. The van der Waals surface area contributed by atoms with Crippen LogP contribution in [0.4, 0.5) is 11.4 Å². The van der Waals surface area contributed by atoms with Crippen molar-refractivity contribution in [2.45, 2.75) is 38.3 Å². The standard InChI is InChI=1S/C21H22N2O3/c1-5-14-12-16(23(24)25)13-15-10-11-21(26-19(14)15)20(2,3)17-8-6-7-9-18(17)22(21)4/h6-13H,5H2,1-4H3. The number of anilines is 1. The van der Waals surface area contributed by atoms with Gasteiger partial charge >= 0.3 is 0 Å². The average Bonchev–Trinajstić information content (AvgIpc) is 2.80. The van der Waals surface area contributed by atoms with E-state index in [9.17, 15) is 10.1 Å². The summed E-state index contributed by atoms with van der Waals surface area (Å²) in [5.74, 6) is 0.744. The van der Waals surface area contributed by atoms with Crippen LogP contribution in [0.15, 0.2) is 42.5 Å². The van der Waals surface area contributed by atoms with Crippen LogP contribution >= 0.6 is 0 Å². The number of ether oxygens (including phenoxy) is 1. The van der Waals surface area contributed by atoms with Crippen molar-refractivity contribution in [1.82, 2.24) is 0 Å². The third kappa shape index (κ3) is 1.97. The highest BCUT2D eigenvalue weighted by molar-refractivity contribution is 5.73. The van der Waals surface area contributed by atoms with E-state index in [4.69, 9.17) is 4.74 Å². The molecule has 0 saturated carbocycles. The lowest BCUT2D eigenvalue weighted by atomic mass is 9.76. The number of hydrogen-bond donors (Lipinski definition) is 0. The highest BCUT2D eigenvalue weighted by atomic mass is 16.6. The maximum atomic E-state index is 11.2. The Labute approximate surface area is 153 Å². The van der Waals surface area contributed by atoms with Crippen LogP contribution in [0.3, 0.4) is 0 Å². The minimum absolute atomic E-state index is 0.104. The minimum atomic E-state index is -0.663. The maximum Gasteiger partial charge on any atom is 0.270 e. The fourth-order valence-corrected chi connectivity index (χ4v) is 4.31. The number of fused-ring (bicyclic) bond motifs is 2. The van der Waals surface area contributed by atoms with Gasteiger partial charge in [0.25, 0.3) is 5.69 Å². The Morgan fingerprint density at radius 1 is 1.23 bits per heavy atom. The van der Waals surface area contributed by atoms with Gasteiger partial charge in [-0.2, -0.15) is 0 Å². The molecule has 1 spiro atoms. The van der Waals surface area contributed by atoms with Gasteiger partial charge in [-0.25, -0.2) is 0 Å². The molecule has 5 heteroatoms. The van der Waals surface area contributed by atoms with Crippen molar-refractivity contribution in [3.05, 3.63) is 69.3 Å². The summed E-state index contributed by atoms with van der Waals surface area (Å²) in [6.07, 6.45) is 4.68. The van der Waals surface area contributed by atoms with Crippen LogP contribution in [-0.4, -0.2) is 17.7 Å². The number of benzene rings is 2. The Kier molecular flexibility index (Phi) is 3.41. The number of nitro benzene ring substituents is 1. The van der Waals surface area contributed by atoms with Crippen molar-refractivity contribution in [1.29, 1.82) is 0 Å². The molecule has 0 saturated heterocycles. The number of likely N-dealkylation sites (N-methyl/N-ethyl adjacent to an activating group) is 1. The Bertz CT molecular complexity index is 948. The fourth-order valence-electron chi connectivity index (χ4n) is 4.31. The van der Waals surface area contributed by atoms with E-state index in [0.29, 0.717) is 6.42 Å². The van der Waals surface area contributed by atoms with Gasteiger partial charge in [-0.3, -0.25) is 10.1 Å². The molecule has 1 atom stereocenters. The van der Waals surface area contributed by atoms with Crippen LogP contribution in [0.2, 0.25) is 0 Å². The second kappa shape index (κ2) is 5.34. The van der Waals surface area contributed by atoms with Gasteiger partial charge in [0.15, 0.2) is 0 Å². The zero-order chi connectivity index (χ0) is 18.7. The van der Waals surface area contributed by atoms with Gasteiger partial charge in [-0.15, -0.1) is 0 Å². The van der Waals surface area contributed by atoms with E-state index < -0.39 is 5.72 Å². The van der Waals surface area contributed by atoms with Crippen LogP contribution < -0.4 is 9.64 Å². The quantitative estimate of drug-likeness (QED) is 0.582. The molecule has 2 aromatic carbocycles. The second-order valence-corrected chi connectivity index (χ2v) is 7.47. The third-order valence-corrected chi connectivity index (χ3v) is 5.85. The molecular weight excluding hydrogens is 328 g/mol. The molecule has 4 rings (SSSR count). The monoisotopic (exact) mass is 350 g/mol. The normalized spacial score (nSPS) is 22.1. The Balaban J connectivity index is 1.89. The first kappa shape index (κ1) is 16.6. The molecule has 134 valence electrons. The van der Waals surface area contributed by atoms with Crippen molar-refractivity contribution in [3.63, 3.8) is 0 Å². The molecule has 0 aromatic heterocycles. The Morgan fingerprint density at radius 2 is 1.96 bits per heavy atom. The molecule has 0 aliphatic carbocycles. The number of nitro groups is 1. The number of para-hydroxylation sites is 1. The van der Waals surface area contributed by atoms with Gasteiger partial charge in [0, 0.05) is 36.0 Å². The van der Waals surface area contributed by atoms with Crippen molar-refractivity contribution >= 4 is 17.5 Å². The van der Waals surface area contributed by atoms with Crippen LogP contribution in [0.25, 0.3) is 6.08 Å². The SMILES string of the molecule is CCc1cc([N+](=O)[O-])cc2c1OC1(C=C2)N(C)c2ccccc2C1(C)C. The Morgan fingerprint density at radius 3 is 2.62 bits per heavy atom. The van der Waals surface area contributed by atoms with E-state index in [0.717, 1.165) is 22.6 Å². The molecule has 0 amide bonds. The van der Waals surface area contributed by atoms with E-state index in [2.05, 4.69) is 36.9 Å². The Hall–Kier alpha value is -2.82.